The zero-order valence-corrected chi connectivity index (χ0v) is 17.3. The van der Waals surface area contributed by atoms with E-state index in [0.29, 0.717) is 21.3 Å². The van der Waals surface area contributed by atoms with Gasteiger partial charge in [0.15, 0.2) is 5.76 Å². The second-order valence-corrected chi connectivity index (χ2v) is 8.44. The summed E-state index contributed by atoms with van der Waals surface area (Å²) in [6.45, 7) is 0. The summed E-state index contributed by atoms with van der Waals surface area (Å²) >= 11 is 6.55. The predicted molar refractivity (Wildman–Crippen MR) is 113 cm³/mol. The van der Waals surface area contributed by atoms with E-state index >= 15 is 0 Å². The minimum Gasteiger partial charge on any atom is -0.421 e. The van der Waals surface area contributed by atoms with Crippen molar-refractivity contribution in [3.05, 3.63) is 92.6 Å². The quantitative estimate of drug-likeness (QED) is 0.457. The van der Waals surface area contributed by atoms with Crippen molar-refractivity contribution in [3.8, 4) is 0 Å². The Bertz CT molecular complexity index is 941. The maximum Gasteiger partial charge on any atom is 0.336 e. The molecule has 1 aliphatic rings. The Balaban J connectivity index is 1.61. The zero-order chi connectivity index (χ0) is 19.2. The first kappa shape index (κ1) is 19.3. The van der Waals surface area contributed by atoms with Gasteiger partial charge in [-0.25, -0.2) is 4.79 Å². The maximum absolute atomic E-state index is 12.0. The lowest BCUT2D eigenvalue weighted by Gasteiger charge is -2.07. The second-order valence-electron chi connectivity index (χ2n) is 5.79. The van der Waals surface area contributed by atoms with Gasteiger partial charge in [-0.1, -0.05) is 42.5 Å². The van der Waals surface area contributed by atoms with E-state index in [1.807, 2.05) is 54.6 Å². The van der Waals surface area contributed by atoms with Crippen molar-refractivity contribution in [1.29, 1.82) is 0 Å². The van der Waals surface area contributed by atoms with Gasteiger partial charge in [0, 0.05) is 29.8 Å². The van der Waals surface area contributed by atoms with Gasteiger partial charge in [0.2, 0.25) is 5.91 Å². The highest BCUT2D eigenvalue weighted by Crippen LogP contribution is 2.32. The lowest BCUT2D eigenvalue weighted by molar-refractivity contribution is -0.132. The fourth-order valence-corrected chi connectivity index (χ4v) is 3.21. The summed E-state index contributed by atoms with van der Waals surface area (Å²) in [6, 6.07) is 17.1. The van der Waals surface area contributed by atoms with Gasteiger partial charge < -0.3 is 10.1 Å². The number of hydrogen-bond donors (Lipinski definition) is 1. The molecular formula is C21H15Br2NO3. The highest BCUT2D eigenvalue weighted by Gasteiger charge is 2.22. The third kappa shape index (κ3) is 5.52. The Labute approximate surface area is 173 Å². The molecule has 0 fully saturated rings. The molecule has 0 spiro atoms. The van der Waals surface area contributed by atoms with E-state index in [4.69, 9.17) is 4.74 Å². The van der Waals surface area contributed by atoms with Crippen molar-refractivity contribution in [2.75, 3.05) is 5.32 Å². The molecule has 1 aliphatic heterocycles. The first-order chi connectivity index (χ1) is 13.0. The molecular weight excluding hydrogens is 474 g/mol. The molecule has 0 bridgehead atoms. The normalized spacial score (nSPS) is 13.5. The van der Waals surface area contributed by atoms with Crippen LogP contribution < -0.4 is 5.32 Å². The minimum atomic E-state index is -0.384. The lowest BCUT2D eigenvalue weighted by atomic mass is 10.0. The lowest BCUT2D eigenvalue weighted by Crippen LogP contribution is -2.07. The largest absolute Gasteiger partial charge is 0.421 e. The summed E-state index contributed by atoms with van der Waals surface area (Å²) in [7, 11) is 0. The van der Waals surface area contributed by atoms with E-state index in [0.717, 1.165) is 16.7 Å². The number of anilines is 1. The Kier molecular flexibility index (Phi) is 6.42. The minimum absolute atomic E-state index is 0.197. The average Bonchev–Trinajstić information content (AvgIpc) is 3.03. The van der Waals surface area contributed by atoms with E-state index in [-0.39, 0.29) is 11.9 Å². The Hall–Kier alpha value is -2.44. The summed E-state index contributed by atoms with van der Waals surface area (Å²) < 4.78 is 5.74. The van der Waals surface area contributed by atoms with Crippen LogP contribution in [0.25, 0.3) is 6.08 Å². The third-order valence-corrected chi connectivity index (χ3v) is 4.52. The third-order valence-electron chi connectivity index (χ3n) is 3.80. The summed E-state index contributed by atoms with van der Waals surface area (Å²) in [4.78, 5) is 23.5. The number of amides is 1. The van der Waals surface area contributed by atoms with Crippen LogP contribution in [0.15, 0.2) is 81.5 Å². The molecule has 1 N–H and O–H groups in total. The first-order valence-electron chi connectivity index (χ1n) is 8.12. The van der Waals surface area contributed by atoms with Crippen molar-refractivity contribution < 1.29 is 14.3 Å². The van der Waals surface area contributed by atoms with Crippen molar-refractivity contribution in [2.24, 2.45) is 0 Å². The number of carbonyl (C=O) groups is 2. The molecule has 4 nitrogen and oxygen atoms in total. The summed E-state index contributed by atoms with van der Waals surface area (Å²) in [5.41, 5.74) is 3.44. The van der Waals surface area contributed by atoms with Crippen LogP contribution in [0.4, 0.5) is 5.69 Å². The zero-order valence-electron chi connectivity index (χ0n) is 14.1. The van der Waals surface area contributed by atoms with E-state index in [1.165, 1.54) is 12.2 Å². The van der Waals surface area contributed by atoms with Crippen molar-refractivity contribution >= 4 is 55.5 Å². The number of ether oxygens (including phenoxy) is 1. The van der Waals surface area contributed by atoms with E-state index in [9.17, 15) is 9.59 Å². The number of esters is 1. The number of cyclic esters (lactones) is 1. The molecule has 2 aromatic carbocycles. The maximum atomic E-state index is 12.0. The van der Waals surface area contributed by atoms with Gasteiger partial charge >= 0.3 is 5.97 Å². The highest BCUT2D eigenvalue weighted by atomic mass is 79.9. The van der Waals surface area contributed by atoms with Gasteiger partial charge in [0.25, 0.3) is 0 Å². The number of benzene rings is 2. The standard InChI is InChI=1S/C21H15Br2NO3/c22-21(23)20-16(13-19(26)27-20)12-15-6-9-17(10-7-15)24-18(25)11-8-14-4-2-1-3-5-14/h1-11,13H,12H2,(H,24,25)/b11-8+. The van der Waals surface area contributed by atoms with E-state index in [2.05, 4.69) is 37.2 Å². The van der Waals surface area contributed by atoms with Gasteiger partial charge in [0.1, 0.15) is 3.39 Å². The second kappa shape index (κ2) is 8.97. The fraction of sp³-hybridized carbons (Fsp3) is 0.0476. The van der Waals surface area contributed by atoms with Crippen LogP contribution in [0.1, 0.15) is 11.1 Å². The van der Waals surface area contributed by atoms with Gasteiger partial charge in [-0.15, -0.1) is 0 Å². The van der Waals surface area contributed by atoms with Crippen LogP contribution in [0, 0.1) is 0 Å². The first-order valence-corrected chi connectivity index (χ1v) is 9.71. The number of rotatable bonds is 5. The molecule has 0 aromatic heterocycles. The van der Waals surface area contributed by atoms with Crippen molar-refractivity contribution in [2.45, 2.75) is 6.42 Å². The van der Waals surface area contributed by atoms with Gasteiger partial charge in [-0.05, 0) is 61.2 Å². The monoisotopic (exact) mass is 487 g/mol. The SMILES string of the molecule is O=C(/C=C/c1ccccc1)Nc1ccc(CC2=CC(=O)OC2=C(Br)Br)cc1. The van der Waals surface area contributed by atoms with Gasteiger partial charge in [-0.3, -0.25) is 4.79 Å². The Morgan fingerprint density at radius 3 is 2.41 bits per heavy atom. The molecule has 136 valence electrons. The molecule has 0 atom stereocenters. The summed E-state index contributed by atoms with van der Waals surface area (Å²) in [5, 5.41) is 2.82. The van der Waals surface area contributed by atoms with Crippen LogP contribution in [0.2, 0.25) is 0 Å². The summed E-state index contributed by atoms with van der Waals surface area (Å²) in [5.74, 6) is -0.0912. The number of carbonyl (C=O) groups excluding carboxylic acids is 2. The molecule has 3 rings (SSSR count). The molecule has 0 radical (unpaired) electrons. The van der Waals surface area contributed by atoms with Crippen molar-refractivity contribution in [3.63, 3.8) is 0 Å². The Morgan fingerprint density at radius 2 is 1.74 bits per heavy atom. The van der Waals surface area contributed by atoms with Crippen LogP contribution in [0.3, 0.4) is 0 Å². The summed E-state index contributed by atoms with van der Waals surface area (Å²) in [6.07, 6.45) is 5.28. The number of allylic oxidation sites excluding steroid dienone is 1. The van der Waals surface area contributed by atoms with Crippen LogP contribution in [-0.2, 0) is 20.7 Å². The van der Waals surface area contributed by atoms with Gasteiger partial charge in [-0.2, -0.15) is 0 Å². The van der Waals surface area contributed by atoms with Crippen LogP contribution >= 0.6 is 31.9 Å². The van der Waals surface area contributed by atoms with Crippen molar-refractivity contribution in [1.82, 2.24) is 0 Å². The van der Waals surface area contributed by atoms with E-state index in [1.54, 1.807) is 6.08 Å². The number of halogens is 2. The smallest absolute Gasteiger partial charge is 0.336 e. The number of hydrogen-bond acceptors (Lipinski definition) is 3. The molecule has 0 unspecified atom stereocenters. The molecule has 6 heteroatoms. The molecule has 27 heavy (non-hydrogen) atoms. The predicted octanol–water partition coefficient (Wildman–Crippen LogP) is 5.32. The Morgan fingerprint density at radius 1 is 1.04 bits per heavy atom. The van der Waals surface area contributed by atoms with Crippen LogP contribution in [0.5, 0.6) is 0 Å². The molecule has 1 amide bonds. The fourth-order valence-electron chi connectivity index (χ4n) is 2.54. The average molecular weight is 489 g/mol. The molecule has 0 aliphatic carbocycles. The van der Waals surface area contributed by atoms with E-state index < -0.39 is 0 Å². The van der Waals surface area contributed by atoms with Gasteiger partial charge in [0.05, 0.1) is 0 Å². The molecule has 0 saturated heterocycles. The highest BCUT2D eigenvalue weighted by molar-refractivity contribution is 9.28. The number of nitrogens with one attached hydrogen (secondary N) is 1. The molecule has 1 heterocycles. The topological polar surface area (TPSA) is 55.4 Å². The molecule has 2 aromatic rings. The van der Waals surface area contributed by atoms with Crippen LogP contribution in [-0.4, -0.2) is 11.9 Å². The molecule has 0 saturated carbocycles.